The Hall–Kier alpha value is -2.80. The minimum atomic E-state index is -0.0431. The fraction of sp³-hybridized carbons (Fsp3) is 0.263. The normalized spacial score (nSPS) is 14.2. The van der Waals surface area contributed by atoms with Crippen LogP contribution in [-0.4, -0.2) is 17.8 Å². The molecule has 0 aliphatic carbocycles. The van der Waals surface area contributed by atoms with Crippen LogP contribution in [0.2, 0.25) is 0 Å². The number of anilines is 1. The van der Waals surface area contributed by atoms with Crippen molar-refractivity contribution in [2.45, 2.75) is 20.5 Å². The molecule has 3 aromatic rings. The minimum Gasteiger partial charge on any atom is -0.494 e. The molecule has 0 radical (unpaired) electrons. The van der Waals surface area contributed by atoms with Gasteiger partial charge in [0.1, 0.15) is 30.6 Å². The van der Waals surface area contributed by atoms with Gasteiger partial charge < -0.3 is 14.1 Å². The molecule has 1 aromatic carbocycles. The van der Waals surface area contributed by atoms with Gasteiger partial charge in [0.15, 0.2) is 4.80 Å². The van der Waals surface area contributed by atoms with Crippen molar-refractivity contribution in [3.63, 3.8) is 0 Å². The Morgan fingerprint density at radius 3 is 2.77 bits per heavy atom. The van der Waals surface area contributed by atoms with Crippen LogP contribution in [-0.2, 0) is 6.67 Å². The van der Waals surface area contributed by atoms with Gasteiger partial charge in [0.2, 0.25) is 0 Å². The lowest BCUT2D eigenvalue weighted by molar-refractivity contribution is 0.340. The molecule has 2 aromatic heterocycles. The number of nitrogens with zero attached hydrogens (tertiary/aromatic N) is 3. The summed E-state index contributed by atoms with van der Waals surface area (Å²) in [6, 6.07) is 11.6. The van der Waals surface area contributed by atoms with E-state index in [0.29, 0.717) is 30.2 Å². The molecule has 7 heteroatoms. The van der Waals surface area contributed by atoms with Gasteiger partial charge in [0, 0.05) is 11.8 Å². The van der Waals surface area contributed by atoms with Gasteiger partial charge in [-0.3, -0.25) is 9.36 Å². The average molecular weight is 369 g/mol. The maximum absolute atomic E-state index is 12.7. The molecule has 3 heterocycles. The average Bonchev–Trinajstić information content (AvgIpc) is 3.19. The molecule has 6 nitrogen and oxygen atoms in total. The fourth-order valence-electron chi connectivity index (χ4n) is 2.86. The first-order valence-corrected chi connectivity index (χ1v) is 9.26. The summed E-state index contributed by atoms with van der Waals surface area (Å²) in [6.45, 7) is 5.48. The summed E-state index contributed by atoms with van der Waals surface area (Å²) in [5, 5.41) is 0. The highest BCUT2D eigenvalue weighted by Gasteiger charge is 2.16. The van der Waals surface area contributed by atoms with Gasteiger partial charge in [-0.1, -0.05) is 11.3 Å². The zero-order valence-electron chi connectivity index (χ0n) is 14.6. The van der Waals surface area contributed by atoms with Crippen molar-refractivity contribution in [2.24, 2.45) is 4.99 Å². The number of hydrogen-bond donors (Lipinski definition) is 0. The number of benzene rings is 1. The smallest absolute Gasteiger partial charge is 0.271 e. The van der Waals surface area contributed by atoms with E-state index in [4.69, 9.17) is 9.15 Å². The zero-order chi connectivity index (χ0) is 18.1. The van der Waals surface area contributed by atoms with E-state index >= 15 is 0 Å². The van der Waals surface area contributed by atoms with Crippen molar-refractivity contribution >= 4 is 23.1 Å². The summed E-state index contributed by atoms with van der Waals surface area (Å²) >= 11 is 1.39. The molecule has 1 aliphatic heterocycles. The van der Waals surface area contributed by atoms with Crippen molar-refractivity contribution in [3.8, 4) is 5.75 Å². The van der Waals surface area contributed by atoms with Gasteiger partial charge in [-0.2, -0.15) is 0 Å². The Morgan fingerprint density at radius 1 is 1.27 bits per heavy atom. The number of rotatable bonds is 4. The first kappa shape index (κ1) is 16.7. The van der Waals surface area contributed by atoms with E-state index in [1.807, 2.05) is 50.2 Å². The van der Waals surface area contributed by atoms with Gasteiger partial charge in [-0.15, -0.1) is 0 Å². The van der Waals surface area contributed by atoms with Crippen molar-refractivity contribution < 1.29 is 9.15 Å². The van der Waals surface area contributed by atoms with Gasteiger partial charge in [-0.05, 0) is 50.2 Å². The van der Waals surface area contributed by atoms with Crippen molar-refractivity contribution in [1.82, 2.24) is 4.57 Å². The Bertz CT molecular complexity index is 1090. The summed E-state index contributed by atoms with van der Waals surface area (Å²) < 4.78 is 13.4. The molecule has 134 valence electrons. The molecule has 0 amide bonds. The van der Waals surface area contributed by atoms with E-state index in [2.05, 4.69) is 9.89 Å². The van der Waals surface area contributed by atoms with E-state index in [1.54, 1.807) is 10.6 Å². The molecule has 0 atom stereocenters. The van der Waals surface area contributed by atoms with Crippen LogP contribution < -0.4 is 24.5 Å². The van der Waals surface area contributed by atoms with E-state index in [9.17, 15) is 4.79 Å². The van der Waals surface area contributed by atoms with Crippen molar-refractivity contribution in [2.75, 3.05) is 18.2 Å². The molecule has 0 spiro atoms. The predicted molar refractivity (Wildman–Crippen MR) is 101 cm³/mol. The van der Waals surface area contributed by atoms with Gasteiger partial charge in [-0.25, -0.2) is 4.99 Å². The lowest BCUT2D eigenvalue weighted by Gasteiger charge is -2.25. The third-order valence-electron chi connectivity index (χ3n) is 4.12. The van der Waals surface area contributed by atoms with Crippen LogP contribution >= 0.6 is 11.3 Å². The van der Waals surface area contributed by atoms with Gasteiger partial charge in [0.05, 0.1) is 11.1 Å². The first-order valence-electron chi connectivity index (χ1n) is 8.44. The fourth-order valence-corrected chi connectivity index (χ4v) is 3.80. The first-order chi connectivity index (χ1) is 12.6. The SMILES string of the molecule is CCOc1ccc(N2CN=c3s/c(=C\c4ccc(C)o4)c(=O)n3C2)cc1. The summed E-state index contributed by atoms with van der Waals surface area (Å²) in [5.74, 6) is 2.34. The molecule has 0 unspecified atom stereocenters. The number of fused-ring (bicyclic) bond motifs is 1. The lowest BCUT2D eigenvalue weighted by Crippen LogP contribution is -2.42. The predicted octanol–water partition coefficient (Wildman–Crippen LogP) is 2.09. The molecule has 4 rings (SSSR count). The lowest BCUT2D eigenvalue weighted by atomic mass is 10.3. The van der Waals surface area contributed by atoms with Gasteiger partial charge >= 0.3 is 0 Å². The van der Waals surface area contributed by atoms with Crippen LogP contribution in [0.15, 0.2) is 50.6 Å². The summed E-state index contributed by atoms with van der Waals surface area (Å²) in [5.41, 5.74) is 0.964. The molecule has 26 heavy (non-hydrogen) atoms. The van der Waals surface area contributed by atoms with Crippen molar-refractivity contribution in [3.05, 3.63) is 67.6 Å². The maximum Gasteiger partial charge on any atom is 0.271 e. The summed E-state index contributed by atoms with van der Waals surface area (Å²) in [4.78, 5) is 20.1. The van der Waals surface area contributed by atoms with Crippen LogP contribution in [0.1, 0.15) is 18.4 Å². The van der Waals surface area contributed by atoms with Crippen LogP contribution in [0.25, 0.3) is 6.08 Å². The molecule has 0 N–H and O–H groups in total. The molecule has 0 saturated heterocycles. The van der Waals surface area contributed by atoms with E-state index in [-0.39, 0.29) is 5.56 Å². The standard InChI is InChI=1S/C19H19N3O3S/c1-3-24-15-8-5-14(6-9-15)21-11-20-19-22(12-21)18(23)17(26-19)10-16-7-4-13(2)25-16/h4-10H,3,11-12H2,1-2H3/b17-10-. The Morgan fingerprint density at radius 2 is 2.08 bits per heavy atom. The number of hydrogen-bond acceptors (Lipinski definition) is 6. The maximum atomic E-state index is 12.7. The third-order valence-corrected chi connectivity index (χ3v) is 5.17. The van der Waals surface area contributed by atoms with E-state index < -0.39 is 0 Å². The molecule has 0 fully saturated rings. The Kier molecular flexibility index (Phi) is 4.38. The monoisotopic (exact) mass is 369 g/mol. The second-order valence-corrected chi connectivity index (χ2v) is 6.99. The Labute approximate surface area is 154 Å². The van der Waals surface area contributed by atoms with Gasteiger partial charge in [0.25, 0.3) is 5.56 Å². The molecular weight excluding hydrogens is 350 g/mol. The molecule has 1 aliphatic rings. The van der Waals surface area contributed by atoms with Crippen LogP contribution in [0, 0.1) is 6.92 Å². The highest BCUT2D eigenvalue weighted by molar-refractivity contribution is 7.07. The molecule has 0 bridgehead atoms. The molecule has 0 saturated carbocycles. The summed E-state index contributed by atoms with van der Waals surface area (Å²) in [7, 11) is 0. The van der Waals surface area contributed by atoms with E-state index in [0.717, 1.165) is 22.0 Å². The minimum absolute atomic E-state index is 0.0431. The third kappa shape index (κ3) is 3.17. The van der Waals surface area contributed by atoms with Crippen LogP contribution in [0.5, 0.6) is 5.75 Å². The summed E-state index contributed by atoms with van der Waals surface area (Å²) in [6.07, 6.45) is 1.78. The second-order valence-electron chi connectivity index (χ2n) is 5.98. The van der Waals surface area contributed by atoms with Crippen LogP contribution in [0.3, 0.4) is 0 Å². The number of aryl methyl sites for hydroxylation is 1. The topological polar surface area (TPSA) is 60.0 Å². The quantitative estimate of drug-likeness (QED) is 0.707. The highest BCUT2D eigenvalue weighted by atomic mass is 32.1. The van der Waals surface area contributed by atoms with Crippen molar-refractivity contribution in [1.29, 1.82) is 0 Å². The number of aromatic nitrogens is 1. The zero-order valence-corrected chi connectivity index (χ0v) is 15.5. The number of furan rings is 1. The Balaban J connectivity index is 1.63. The number of ether oxygens (including phenoxy) is 1. The van der Waals surface area contributed by atoms with E-state index in [1.165, 1.54) is 11.3 Å². The largest absolute Gasteiger partial charge is 0.494 e. The molecular formula is C19H19N3O3S. The second kappa shape index (κ2) is 6.84. The highest BCUT2D eigenvalue weighted by Crippen LogP contribution is 2.20. The number of thiazole rings is 1. The van der Waals surface area contributed by atoms with Crippen LogP contribution in [0.4, 0.5) is 5.69 Å².